The standard InChI is InChI=1S/C17H19N3O2S/c1-3-22-16(21)13-8-7-12(2)15(10-13)20-17(23)19-11-14-6-4-5-9-18-14/h4-10H,3,11H2,1-2H3,(H2,19,20,23). The average Bonchev–Trinajstić information content (AvgIpc) is 2.56. The molecule has 0 bridgehead atoms. The predicted octanol–water partition coefficient (Wildman–Crippen LogP) is 3.05. The zero-order valence-corrected chi connectivity index (χ0v) is 13.9. The van der Waals surface area contributed by atoms with Crippen molar-refractivity contribution in [1.82, 2.24) is 10.3 Å². The van der Waals surface area contributed by atoms with E-state index in [1.165, 1.54) is 0 Å². The maximum Gasteiger partial charge on any atom is 0.338 e. The first-order chi connectivity index (χ1) is 11.1. The SMILES string of the molecule is CCOC(=O)c1ccc(C)c(NC(=S)NCc2ccccn2)c1. The third kappa shape index (κ3) is 5.03. The second-order valence-corrected chi connectivity index (χ2v) is 5.29. The van der Waals surface area contributed by atoms with Crippen molar-refractivity contribution in [2.75, 3.05) is 11.9 Å². The molecule has 0 saturated carbocycles. The molecule has 0 unspecified atom stereocenters. The number of benzene rings is 1. The van der Waals surface area contributed by atoms with Gasteiger partial charge in [-0.1, -0.05) is 12.1 Å². The fraction of sp³-hybridized carbons (Fsp3) is 0.235. The number of nitrogens with zero attached hydrogens (tertiary/aromatic N) is 1. The van der Waals surface area contributed by atoms with E-state index in [0.717, 1.165) is 16.9 Å². The molecule has 0 aliphatic carbocycles. The molecule has 0 atom stereocenters. The Balaban J connectivity index is 1.99. The maximum absolute atomic E-state index is 11.8. The highest BCUT2D eigenvalue weighted by Crippen LogP contribution is 2.17. The quantitative estimate of drug-likeness (QED) is 0.649. The molecule has 120 valence electrons. The van der Waals surface area contributed by atoms with Crippen LogP contribution in [0.15, 0.2) is 42.6 Å². The monoisotopic (exact) mass is 329 g/mol. The van der Waals surface area contributed by atoms with Gasteiger partial charge >= 0.3 is 5.97 Å². The summed E-state index contributed by atoms with van der Waals surface area (Å²) in [6, 6.07) is 11.0. The van der Waals surface area contributed by atoms with Crippen molar-refractivity contribution in [2.45, 2.75) is 20.4 Å². The number of carbonyl (C=O) groups is 1. The molecule has 0 amide bonds. The van der Waals surface area contributed by atoms with Crippen LogP contribution in [-0.4, -0.2) is 22.7 Å². The molecule has 0 fully saturated rings. The maximum atomic E-state index is 11.8. The first-order valence-electron chi connectivity index (χ1n) is 7.32. The number of esters is 1. The number of aryl methyl sites for hydroxylation is 1. The number of carbonyl (C=O) groups excluding carboxylic acids is 1. The van der Waals surface area contributed by atoms with Crippen LogP contribution in [0.2, 0.25) is 0 Å². The Morgan fingerprint density at radius 2 is 2.13 bits per heavy atom. The molecule has 0 saturated heterocycles. The van der Waals surface area contributed by atoms with Gasteiger partial charge in [0.05, 0.1) is 24.4 Å². The van der Waals surface area contributed by atoms with Gasteiger partial charge in [0.25, 0.3) is 0 Å². The van der Waals surface area contributed by atoms with Crippen LogP contribution < -0.4 is 10.6 Å². The lowest BCUT2D eigenvalue weighted by Crippen LogP contribution is -2.28. The minimum absolute atomic E-state index is 0.345. The van der Waals surface area contributed by atoms with Crippen LogP contribution in [0.25, 0.3) is 0 Å². The molecule has 2 aromatic rings. The number of pyridine rings is 1. The molecule has 2 rings (SSSR count). The van der Waals surface area contributed by atoms with Gasteiger partial charge in [0.15, 0.2) is 5.11 Å². The van der Waals surface area contributed by atoms with Gasteiger partial charge in [-0.05, 0) is 55.9 Å². The van der Waals surface area contributed by atoms with Gasteiger partial charge < -0.3 is 15.4 Å². The van der Waals surface area contributed by atoms with Gasteiger partial charge in [-0.2, -0.15) is 0 Å². The van der Waals surface area contributed by atoms with Gasteiger partial charge in [-0.3, -0.25) is 4.98 Å². The number of thiocarbonyl (C=S) groups is 1. The minimum atomic E-state index is -0.345. The summed E-state index contributed by atoms with van der Waals surface area (Å²) in [5, 5.41) is 6.66. The third-order valence-corrected chi connectivity index (χ3v) is 3.40. The van der Waals surface area contributed by atoms with Crippen molar-refractivity contribution < 1.29 is 9.53 Å². The lowest BCUT2D eigenvalue weighted by Gasteiger charge is -2.13. The first-order valence-corrected chi connectivity index (χ1v) is 7.73. The Morgan fingerprint density at radius 3 is 2.83 bits per heavy atom. The van der Waals surface area contributed by atoms with Crippen LogP contribution in [0.3, 0.4) is 0 Å². The number of hydrogen-bond donors (Lipinski definition) is 2. The fourth-order valence-corrected chi connectivity index (χ4v) is 2.12. The molecule has 0 aliphatic heterocycles. The molecule has 5 nitrogen and oxygen atoms in total. The topological polar surface area (TPSA) is 63.2 Å². The summed E-state index contributed by atoms with van der Waals surface area (Å²) >= 11 is 5.29. The fourth-order valence-electron chi connectivity index (χ4n) is 1.94. The normalized spacial score (nSPS) is 10.0. The second kappa shape index (κ2) is 8.24. The average molecular weight is 329 g/mol. The molecular weight excluding hydrogens is 310 g/mol. The molecule has 2 N–H and O–H groups in total. The third-order valence-electron chi connectivity index (χ3n) is 3.15. The Kier molecular flexibility index (Phi) is 6.05. The molecule has 6 heteroatoms. The molecule has 1 heterocycles. The summed E-state index contributed by atoms with van der Waals surface area (Å²) in [5.74, 6) is -0.345. The Bertz CT molecular complexity index is 689. The van der Waals surface area contributed by atoms with Crippen molar-refractivity contribution in [3.63, 3.8) is 0 Å². The van der Waals surface area contributed by atoms with E-state index in [1.807, 2.05) is 31.2 Å². The van der Waals surface area contributed by atoms with E-state index in [1.54, 1.807) is 25.3 Å². The van der Waals surface area contributed by atoms with Crippen molar-refractivity contribution in [3.05, 3.63) is 59.4 Å². The number of ether oxygens (including phenoxy) is 1. The van der Waals surface area contributed by atoms with Crippen molar-refractivity contribution >= 4 is 29.0 Å². The molecule has 23 heavy (non-hydrogen) atoms. The zero-order valence-electron chi connectivity index (χ0n) is 13.1. The lowest BCUT2D eigenvalue weighted by molar-refractivity contribution is 0.0526. The highest BCUT2D eigenvalue weighted by Gasteiger charge is 2.09. The van der Waals surface area contributed by atoms with Gasteiger partial charge in [0, 0.05) is 11.9 Å². The highest BCUT2D eigenvalue weighted by molar-refractivity contribution is 7.80. The van der Waals surface area contributed by atoms with E-state index >= 15 is 0 Å². The van der Waals surface area contributed by atoms with Gasteiger partial charge in [-0.15, -0.1) is 0 Å². The Labute approximate surface area is 141 Å². The summed E-state index contributed by atoms with van der Waals surface area (Å²) < 4.78 is 5.01. The molecule has 0 spiro atoms. The highest BCUT2D eigenvalue weighted by atomic mass is 32.1. The van der Waals surface area contributed by atoms with E-state index in [-0.39, 0.29) is 5.97 Å². The van der Waals surface area contributed by atoms with Gasteiger partial charge in [0.1, 0.15) is 0 Å². The van der Waals surface area contributed by atoms with Crippen LogP contribution in [0.4, 0.5) is 5.69 Å². The summed E-state index contributed by atoms with van der Waals surface area (Å²) in [6.07, 6.45) is 1.74. The number of nitrogens with one attached hydrogen (secondary N) is 2. The summed E-state index contributed by atoms with van der Waals surface area (Å²) in [4.78, 5) is 16.0. The van der Waals surface area contributed by atoms with Gasteiger partial charge in [-0.25, -0.2) is 4.79 Å². The zero-order chi connectivity index (χ0) is 16.7. The molecule has 0 aliphatic rings. The van der Waals surface area contributed by atoms with E-state index in [2.05, 4.69) is 15.6 Å². The van der Waals surface area contributed by atoms with Crippen LogP contribution in [0, 0.1) is 6.92 Å². The molecule has 0 radical (unpaired) electrons. The number of hydrogen-bond acceptors (Lipinski definition) is 4. The minimum Gasteiger partial charge on any atom is -0.462 e. The number of anilines is 1. The Morgan fingerprint density at radius 1 is 1.30 bits per heavy atom. The summed E-state index contributed by atoms with van der Waals surface area (Å²) in [5.41, 5.74) is 3.15. The molecular formula is C17H19N3O2S. The predicted molar refractivity (Wildman–Crippen MR) is 94.4 cm³/mol. The number of aromatic nitrogens is 1. The van der Waals surface area contributed by atoms with Crippen LogP contribution in [0.1, 0.15) is 28.5 Å². The lowest BCUT2D eigenvalue weighted by atomic mass is 10.1. The second-order valence-electron chi connectivity index (χ2n) is 4.88. The Hall–Kier alpha value is -2.47. The largest absolute Gasteiger partial charge is 0.462 e. The van der Waals surface area contributed by atoms with Crippen molar-refractivity contribution in [2.24, 2.45) is 0 Å². The van der Waals surface area contributed by atoms with Gasteiger partial charge in [0.2, 0.25) is 0 Å². The molecule has 1 aromatic carbocycles. The van der Waals surface area contributed by atoms with Crippen LogP contribution in [-0.2, 0) is 11.3 Å². The smallest absolute Gasteiger partial charge is 0.338 e. The van der Waals surface area contributed by atoms with Crippen LogP contribution >= 0.6 is 12.2 Å². The summed E-state index contributed by atoms with van der Waals surface area (Å²) in [7, 11) is 0. The number of rotatable bonds is 5. The van der Waals surface area contributed by atoms with Crippen molar-refractivity contribution in [3.8, 4) is 0 Å². The van der Waals surface area contributed by atoms with E-state index in [4.69, 9.17) is 17.0 Å². The van der Waals surface area contributed by atoms with E-state index < -0.39 is 0 Å². The van der Waals surface area contributed by atoms with E-state index in [9.17, 15) is 4.79 Å². The van der Waals surface area contributed by atoms with Crippen LogP contribution in [0.5, 0.6) is 0 Å². The molecule has 1 aromatic heterocycles. The first kappa shape index (κ1) is 16.9. The summed E-state index contributed by atoms with van der Waals surface area (Å²) in [6.45, 7) is 4.60. The van der Waals surface area contributed by atoms with Crippen molar-refractivity contribution in [1.29, 1.82) is 0 Å². The van der Waals surface area contributed by atoms with E-state index in [0.29, 0.717) is 23.8 Å².